The van der Waals surface area contributed by atoms with Crippen LogP contribution in [0.4, 0.5) is 0 Å². The van der Waals surface area contributed by atoms with Gasteiger partial charge in [0.2, 0.25) is 0 Å². The summed E-state index contributed by atoms with van der Waals surface area (Å²) in [5.74, 6) is 0.119. The van der Waals surface area contributed by atoms with Crippen LogP contribution >= 0.6 is 27.5 Å². The van der Waals surface area contributed by atoms with Crippen molar-refractivity contribution in [1.82, 2.24) is 4.90 Å². The summed E-state index contributed by atoms with van der Waals surface area (Å²) >= 11 is 9.29. The number of carbonyl (C=O) groups excluding carboxylic acids is 2. The summed E-state index contributed by atoms with van der Waals surface area (Å²) in [6.07, 6.45) is 1.38. The number of rotatable bonds is 3. The van der Waals surface area contributed by atoms with E-state index in [1.807, 2.05) is 29.2 Å². The number of halogens is 2. The first-order valence-electron chi connectivity index (χ1n) is 7.90. The SMILES string of the molecule is O=C(c1ccc(Cl)cc1)C1CCN(C(=O)c2ccccc2Br)CC1. The van der Waals surface area contributed by atoms with Crippen LogP contribution in [0, 0.1) is 5.92 Å². The lowest BCUT2D eigenvalue weighted by atomic mass is 9.88. The van der Waals surface area contributed by atoms with Gasteiger partial charge in [-0.2, -0.15) is 0 Å². The molecule has 1 aliphatic rings. The van der Waals surface area contributed by atoms with Crippen LogP contribution in [0.3, 0.4) is 0 Å². The molecule has 0 aromatic heterocycles. The number of likely N-dealkylation sites (tertiary alicyclic amines) is 1. The molecule has 0 spiro atoms. The third-order valence-corrected chi connectivity index (χ3v) is 5.33. The molecule has 5 heteroatoms. The van der Waals surface area contributed by atoms with Crippen LogP contribution in [-0.2, 0) is 0 Å². The number of piperidine rings is 1. The molecule has 0 aliphatic carbocycles. The fourth-order valence-electron chi connectivity index (χ4n) is 3.00. The molecule has 1 aliphatic heterocycles. The molecule has 0 atom stereocenters. The second kappa shape index (κ2) is 7.49. The highest BCUT2D eigenvalue weighted by atomic mass is 79.9. The van der Waals surface area contributed by atoms with E-state index in [4.69, 9.17) is 11.6 Å². The van der Waals surface area contributed by atoms with Crippen LogP contribution < -0.4 is 0 Å². The summed E-state index contributed by atoms with van der Waals surface area (Å²) in [4.78, 5) is 27.0. The van der Waals surface area contributed by atoms with Crippen molar-refractivity contribution in [3.05, 3.63) is 69.2 Å². The molecule has 2 aromatic carbocycles. The van der Waals surface area contributed by atoms with Gasteiger partial charge in [0.15, 0.2) is 5.78 Å². The van der Waals surface area contributed by atoms with Gasteiger partial charge in [0.25, 0.3) is 5.91 Å². The zero-order valence-corrected chi connectivity index (χ0v) is 15.4. The summed E-state index contributed by atoms with van der Waals surface area (Å²) < 4.78 is 0.800. The maximum Gasteiger partial charge on any atom is 0.254 e. The Kier molecular flexibility index (Phi) is 5.36. The summed E-state index contributed by atoms with van der Waals surface area (Å²) in [7, 11) is 0. The minimum absolute atomic E-state index is 0.0138. The van der Waals surface area contributed by atoms with Crippen molar-refractivity contribution >= 4 is 39.2 Å². The number of Topliss-reactive ketones (excluding diaryl/α,β-unsaturated/α-hetero) is 1. The van der Waals surface area contributed by atoms with E-state index in [2.05, 4.69) is 15.9 Å². The largest absolute Gasteiger partial charge is 0.339 e. The highest BCUT2D eigenvalue weighted by molar-refractivity contribution is 9.10. The smallest absolute Gasteiger partial charge is 0.254 e. The lowest BCUT2D eigenvalue weighted by Gasteiger charge is -2.31. The molecule has 1 fully saturated rings. The second-order valence-corrected chi connectivity index (χ2v) is 7.21. The van der Waals surface area contributed by atoms with Gasteiger partial charge in [0, 0.05) is 34.1 Å². The Hall–Kier alpha value is -1.65. The fraction of sp³-hybridized carbons (Fsp3) is 0.263. The Bertz CT molecular complexity index is 752. The summed E-state index contributed by atoms with van der Waals surface area (Å²) in [5.41, 5.74) is 1.36. The van der Waals surface area contributed by atoms with Gasteiger partial charge >= 0.3 is 0 Å². The highest BCUT2D eigenvalue weighted by Crippen LogP contribution is 2.25. The summed E-state index contributed by atoms with van der Waals surface area (Å²) in [6, 6.07) is 14.4. The van der Waals surface area contributed by atoms with E-state index in [1.165, 1.54) is 0 Å². The minimum Gasteiger partial charge on any atom is -0.339 e. The highest BCUT2D eigenvalue weighted by Gasteiger charge is 2.28. The molecule has 2 aromatic rings. The Morgan fingerprint density at radius 2 is 1.62 bits per heavy atom. The number of hydrogen-bond donors (Lipinski definition) is 0. The van der Waals surface area contributed by atoms with Gasteiger partial charge in [-0.25, -0.2) is 0 Å². The van der Waals surface area contributed by atoms with Gasteiger partial charge in [0.05, 0.1) is 5.56 Å². The van der Waals surface area contributed by atoms with Gasteiger partial charge in [-0.05, 0) is 65.2 Å². The van der Waals surface area contributed by atoms with Gasteiger partial charge < -0.3 is 4.90 Å². The molecule has 0 N–H and O–H groups in total. The molecule has 1 heterocycles. The summed E-state index contributed by atoms with van der Waals surface area (Å²) in [5, 5.41) is 0.625. The lowest BCUT2D eigenvalue weighted by molar-refractivity contribution is 0.0649. The molecule has 3 rings (SSSR count). The Labute approximate surface area is 154 Å². The van der Waals surface area contributed by atoms with Crippen molar-refractivity contribution in [3.63, 3.8) is 0 Å². The standard InChI is InChI=1S/C19H17BrClNO2/c20-17-4-2-1-3-16(17)19(24)22-11-9-14(10-12-22)18(23)13-5-7-15(21)8-6-13/h1-8,14H,9-12H2. The van der Waals surface area contributed by atoms with E-state index in [0.29, 0.717) is 42.1 Å². The van der Waals surface area contributed by atoms with E-state index in [-0.39, 0.29) is 17.6 Å². The van der Waals surface area contributed by atoms with Crippen molar-refractivity contribution in [2.24, 2.45) is 5.92 Å². The molecule has 1 saturated heterocycles. The average Bonchev–Trinajstić information content (AvgIpc) is 2.62. The molecule has 3 nitrogen and oxygen atoms in total. The molecule has 0 radical (unpaired) electrons. The van der Waals surface area contributed by atoms with Gasteiger partial charge in [-0.1, -0.05) is 23.7 Å². The molecular weight excluding hydrogens is 390 g/mol. The third-order valence-electron chi connectivity index (χ3n) is 4.39. The van der Waals surface area contributed by atoms with Crippen molar-refractivity contribution in [1.29, 1.82) is 0 Å². The molecule has 0 bridgehead atoms. The van der Waals surface area contributed by atoms with Crippen molar-refractivity contribution < 1.29 is 9.59 Å². The van der Waals surface area contributed by atoms with Crippen molar-refractivity contribution in [2.45, 2.75) is 12.8 Å². The molecule has 0 saturated carbocycles. The van der Waals surface area contributed by atoms with Crippen molar-refractivity contribution in [2.75, 3.05) is 13.1 Å². The average molecular weight is 407 g/mol. The topological polar surface area (TPSA) is 37.4 Å². The third kappa shape index (κ3) is 3.70. The number of carbonyl (C=O) groups is 2. The molecule has 1 amide bonds. The second-order valence-electron chi connectivity index (χ2n) is 5.92. The first kappa shape index (κ1) is 17.2. The number of hydrogen-bond acceptors (Lipinski definition) is 2. The van der Waals surface area contributed by atoms with Crippen LogP contribution in [0.1, 0.15) is 33.6 Å². The van der Waals surface area contributed by atoms with E-state index >= 15 is 0 Å². The number of amides is 1. The van der Waals surface area contributed by atoms with Gasteiger partial charge in [-0.15, -0.1) is 0 Å². The molecular formula is C19H17BrClNO2. The van der Waals surface area contributed by atoms with Crippen LogP contribution in [0.2, 0.25) is 5.02 Å². The van der Waals surface area contributed by atoms with Crippen LogP contribution in [-0.4, -0.2) is 29.7 Å². The van der Waals surface area contributed by atoms with E-state index < -0.39 is 0 Å². The minimum atomic E-state index is -0.0329. The zero-order chi connectivity index (χ0) is 17.1. The van der Waals surface area contributed by atoms with E-state index in [0.717, 1.165) is 4.47 Å². The van der Waals surface area contributed by atoms with Gasteiger partial charge in [0.1, 0.15) is 0 Å². The zero-order valence-electron chi connectivity index (χ0n) is 13.0. The maximum atomic E-state index is 12.6. The summed E-state index contributed by atoms with van der Waals surface area (Å²) in [6.45, 7) is 1.20. The first-order valence-corrected chi connectivity index (χ1v) is 9.07. The maximum absolute atomic E-state index is 12.6. The predicted octanol–water partition coefficient (Wildman–Crippen LogP) is 4.84. The predicted molar refractivity (Wildman–Crippen MR) is 98.6 cm³/mol. The molecule has 124 valence electrons. The first-order chi connectivity index (χ1) is 11.6. The lowest BCUT2D eigenvalue weighted by Crippen LogP contribution is -2.40. The quantitative estimate of drug-likeness (QED) is 0.684. The van der Waals surface area contributed by atoms with E-state index in [1.54, 1.807) is 24.3 Å². The van der Waals surface area contributed by atoms with Crippen molar-refractivity contribution in [3.8, 4) is 0 Å². The number of nitrogens with zero attached hydrogens (tertiary/aromatic N) is 1. The van der Waals surface area contributed by atoms with E-state index in [9.17, 15) is 9.59 Å². The number of ketones is 1. The monoisotopic (exact) mass is 405 g/mol. The van der Waals surface area contributed by atoms with Crippen LogP contribution in [0.25, 0.3) is 0 Å². The van der Waals surface area contributed by atoms with Crippen LogP contribution in [0.15, 0.2) is 53.0 Å². The Balaban J connectivity index is 1.63. The fourth-order valence-corrected chi connectivity index (χ4v) is 3.58. The van der Waals surface area contributed by atoms with Crippen LogP contribution in [0.5, 0.6) is 0 Å². The van der Waals surface area contributed by atoms with Gasteiger partial charge in [-0.3, -0.25) is 9.59 Å². The normalized spacial score (nSPS) is 15.3. The molecule has 24 heavy (non-hydrogen) atoms. The molecule has 0 unspecified atom stereocenters. The number of benzene rings is 2. The Morgan fingerprint density at radius 3 is 2.25 bits per heavy atom. The Morgan fingerprint density at radius 1 is 1.00 bits per heavy atom.